The molecule has 1 aliphatic rings. The number of hydrogen-bond donors (Lipinski definition) is 2. The highest BCUT2D eigenvalue weighted by Crippen LogP contribution is 2.30. The van der Waals surface area contributed by atoms with E-state index in [1.165, 1.54) is 5.69 Å². The first-order valence-corrected chi connectivity index (χ1v) is 10.4. The van der Waals surface area contributed by atoms with Gasteiger partial charge in [0.1, 0.15) is 0 Å². The first-order chi connectivity index (χ1) is 14.2. The molecule has 1 atom stereocenters. The lowest BCUT2D eigenvalue weighted by atomic mass is 10.1. The van der Waals surface area contributed by atoms with Gasteiger partial charge in [0.05, 0.1) is 13.7 Å². The number of aliphatic imine (C=N–C) groups is 1. The van der Waals surface area contributed by atoms with Crippen LogP contribution >= 0.6 is 24.0 Å². The quantitative estimate of drug-likeness (QED) is 0.300. The minimum atomic E-state index is 0. The Bertz CT molecular complexity index is 801. The molecule has 0 aromatic heterocycles. The van der Waals surface area contributed by atoms with E-state index in [0.29, 0.717) is 18.3 Å². The van der Waals surface area contributed by atoms with Crippen molar-refractivity contribution in [1.29, 1.82) is 0 Å². The Balaban J connectivity index is 0.00000320. The molecule has 2 aromatic carbocycles. The molecule has 7 heteroatoms. The van der Waals surface area contributed by atoms with Crippen molar-refractivity contribution in [2.45, 2.75) is 20.3 Å². The van der Waals surface area contributed by atoms with Gasteiger partial charge in [0.15, 0.2) is 17.5 Å². The number of nitrogens with one attached hydrogen (secondary N) is 2. The largest absolute Gasteiger partial charge is 0.493 e. The van der Waals surface area contributed by atoms with Crippen molar-refractivity contribution in [3.8, 4) is 11.5 Å². The van der Waals surface area contributed by atoms with E-state index in [-0.39, 0.29) is 24.0 Å². The number of benzene rings is 2. The Labute approximate surface area is 197 Å². The highest BCUT2D eigenvalue weighted by molar-refractivity contribution is 14.0. The van der Waals surface area contributed by atoms with Crippen LogP contribution in [0, 0.1) is 5.92 Å². The van der Waals surface area contributed by atoms with E-state index >= 15 is 0 Å². The average molecular weight is 524 g/mol. The Kier molecular flexibility index (Phi) is 10.1. The summed E-state index contributed by atoms with van der Waals surface area (Å²) in [6.07, 6.45) is 1.16. The minimum Gasteiger partial charge on any atom is -0.493 e. The van der Waals surface area contributed by atoms with Crippen molar-refractivity contribution in [3.05, 3.63) is 48.5 Å². The van der Waals surface area contributed by atoms with Crippen LogP contribution in [0.25, 0.3) is 0 Å². The normalized spacial score (nSPS) is 16.0. The Morgan fingerprint density at radius 1 is 1.13 bits per heavy atom. The molecule has 3 rings (SSSR count). The maximum Gasteiger partial charge on any atom is 0.195 e. The van der Waals surface area contributed by atoms with Crippen molar-refractivity contribution in [2.75, 3.05) is 50.1 Å². The van der Waals surface area contributed by atoms with Gasteiger partial charge in [-0.2, -0.15) is 0 Å². The Morgan fingerprint density at radius 2 is 1.93 bits per heavy atom. The second kappa shape index (κ2) is 12.5. The predicted octanol–water partition coefficient (Wildman–Crippen LogP) is 4.62. The zero-order valence-electron chi connectivity index (χ0n) is 18.1. The van der Waals surface area contributed by atoms with Gasteiger partial charge >= 0.3 is 0 Å². The number of anilines is 2. The second-order valence-corrected chi connectivity index (χ2v) is 7.08. The Morgan fingerprint density at radius 3 is 2.63 bits per heavy atom. The van der Waals surface area contributed by atoms with E-state index in [1.807, 2.05) is 25.1 Å². The van der Waals surface area contributed by atoms with Gasteiger partial charge in [-0.05, 0) is 50.5 Å². The SMILES string of the molecule is CCNC(=NCC1CCN(c2ccccc2)C1)Nc1ccc(OCC)c(OC)c1.I. The number of ether oxygens (including phenoxy) is 2. The topological polar surface area (TPSA) is 58.1 Å². The minimum absolute atomic E-state index is 0. The molecule has 1 saturated heterocycles. The van der Waals surface area contributed by atoms with E-state index in [9.17, 15) is 0 Å². The fourth-order valence-electron chi connectivity index (χ4n) is 3.54. The summed E-state index contributed by atoms with van der Waals surface area (Å²) in [5.74, 6) is 2.80. The molecule has 1 unspecified atom stereocenters. The van der Waals surface area contributed by atoms with Crippen LogP contribution < -0.4 is 25.0 Å². The third kappa shape index (κ3) is 6.68. The summed E-state index contributed by atoms with van der Waals surface area (Å²) < 4.78 is 11.0. The summed E-state index contributed by atoms with van der Waals surface area (Å²) >= 11 is 0. The van der Waals surface area contributed by atoms with Gasteiger partial charge in [-0.3, -0.25) is 4.99 Å². The number of nitrogens with zero attached hydrogens (tertiary/aromatic N) is 2. The molecular weight excluding hydrogens is 491 g/mol. The van der Waals surface area contributed by atoms with E-state index in [4.69, 9.17) is 14.5 Å². The summed E-state index contributed by atoms with van der Waals surface area (Å²) in [6, 6.07) is 16.4. The number of hydrogen-bond acceptors (Lipinski definition) is 4. The molecule has 0 radical (unpaired) electrons. The monoisotopic (exact) mass is 524 g/mol. The molecule has 0 bridgehead atoms. The standard InChI is InChI=1S/C23H32N4O2.HI/c1-4-24-23(26-19-11-12-21(29-5-2)22(15-19)28-3)25-16-18-13-14-27(17-18)20-9-7-6-8-10-20;/h6-12,15,18H,4-5,13-14,16-17H2,1-3H3,(H2,24,25,26);1H. The fraction of sp³-hybridized carbons (Fsp3) is 0.435. The van der Waals surface area contributed by atoms with E-state index in [0.717, 1.165) is 50.0 Å². The summed E-state index contributed by atoms with van der Waals surface area (Å²) in [6.45, 7) is 8.38. The maximum absolute atomic E-state index is 5.59. The second-order valence-electron chi connectivity index (χ2n) is 7.08. The zero-order valence-corrected chi connectivity index (χ0v) is 20.4. The molecule has 2 N–H and O–H groups in total. The van der Waals surface area contributed by atoms with Gasteiger partial charge in [0.25, 0.3) is 0 Å². The van der Waals surface area contributed by atoms with Gasteiger partial charge in [0, 0.05) is 43.6 Å². The lowest BCUT2D eigenvalue weighted by Gasteiger charge is -2.18. The average Bonchev–Trinajstić information content (AvgIpc) is 3.23. The number of halogens is 1. The summed E-state index contributed by atoms with van der Waals surface area (Å²) in [5.41, 5.74) is 2.22. The lowest BCUT2D eigenvalue weighted by Crippen LogP contribution is -2.31. The van der Waals surface area contributed by atoms with Crippen LogP contribution in [0.3, 0.4) is 0 Å². The van der Waals surface area contributed by atoms with Gasteiger partial charge in [0.2, 0.25) is 0 Å². The van der Waals surface area contributed by atoms with Crippen LogP contribution in [0.15, 0.2) is 53.5 Å². The molecule has 164 valence electrons. The predicted molar refractivity (Wildman–Crippen MR) is 136 cm³/mol. The summed E-state index contributed by atoms with van der Waals surface area (Å²) in [5, 5.41) is 6.71. The van der Waals surface area contributed by atoms with Crippen LogP contribution in [0.5, 0.6) is 11.5 Å². The van der Waals surface area contributed by atoms with E-state index in [1.54, 1.807) is 7.11 Å². The number of rotatable bonds is 8. The van der Waals surface area contributed by atoms with Gasteiger partial charge in [-0.15, -0.1) is 24.0 Å². The van der Waals surface area contributed by atoms with Crippen molar-refractivity contribution >= 4 is 41.3 Å². The first-order valence-electron chi connectivity index (χ1n) is 10.4. The highest BCUT2D eigenvalue weighted by Gasteiger charge is 2.22. The molecule has 2 aromatic rings. The first kappa shape index (κ1) is 24.1. The molecule has 6 nitrogen and oxygen atoms in total. The van der Waals surface area contributed by atoms with Gasteiger partial charge in [-0.25, -0.2) is 0 Å². The molecule has 30 heavy (non-hydrogen) atoms. The van der Waals surface area contributed by atoms with Crippen molar-refractivity contribution in [3.63, 3.8) is 0 Å². The van der Waals surface area contributed by atoms with Crippen LogP contribution in [-0.2, 0) is 0 Å². The van der Waals surface area contributed by atoms with Crippen LogP contribution in [0.1, 0.15) is 20.3 Å². The zero-order chi connectivity index (χ0) is 20.5. The molecule has 0 aliphatic carbocycles. The fourth-order valence-corrected chi connectivity index (χ4v) is 3.54. The maximum atomic E-state index is 5.59. The molecule has 1 fully saturated rings. The number of methoxy groups -OCH3 is 1. The number of para-hydroxylation sites is 1. The van der Waals surface area contributed by atoms with Crippen LogP contribution in [0.2, 0.25) is 0 Å². The lowest BCUT2D eigenvalue weighted by molar-refractivity contribution is 0.311. The molecule has 0 spiro atoms. The van der Waals surface area contributed by atoms with Crippen molar-refractivity contribution in [2.24, 2.45) is 10.9 Å². The molecular formula is C23H33IN4O2. The van der Waals surface area contributed by atoms with Crippen LogP contribution in [-0.4, -0.2) is 45.9 Å². The highest BCUT2D eigenvalue weighted by atomic mass is 127. The third-order valence-corrected chi connectivity index (χ3v) is 4.99. The molecule has 0 amide bonds. The summed E-state index contributed by atoms with van der Waals surface area (Å²) in [4.78, 5) is 7.27. The molecule has 1 aliphatic heterocycles. The molecule has 0 saturated carbocycles. The van der Waals surface area contributed by atoms with E-state index < -0.39 is 0 Å². The van der Waals surface area contributed by atoms with Crippen molar-refractivity contribution in [1.82, 2.24) is 5.32 Å². The van der Waals surface area contributed by atoms with Gasteiger partial charge in [-0.1, -0.05) is 18.2 Å². The third-order valence-electron chi connectivity index (χ3n) is 4.99. The smallest absolute Gasteiger partial charge is 0.195 e. The van der Waals surface area contributed by atoms with Crippen LogP contribution in [0.4, 0.5) is 11.4 Å². The number of guanidine groups is 1. The van der Waals surface area contributed by atoms with Crippen molar-refractivity contribution < 1.29 is 9.47 Å². The molecule has 1 heterocycles. The summed E-state index contributed by atoms with van der Waals surface area (Å²) in [7, 11) is 1.65. The Hall–Kier alpha value is -2.16. The van der Waals surface area contributed by atoms with Gasteiger partial charge < -0.3 is 25.0 Å². The van der Waals surface area contributed by atoms with E-state index in [2.05, 4.69) is 52.8 Å².